The Morgan fingerprint density at radius 3 is 2.50 bits per heavy atom. The summed E-state index contributed by atoms with van der Waals surface area (Å²) in [7, 11) is -3.36. The van der Waals surface area contributed by atoms with E-state index in [0.29, 0.717) is 13.1 Å². The molecule has 0 radical (unpaired) electrons. The molecule has 114 valence electrons. The molecule has 2 aliphatic rings. The molecule has 0 aromatic heterocycles. The second kappa shape index (κ2) is 6.85. The van der Waals surface area contributed by atoms with Crippen LogP contribution in [0.1, 0.15) is 39.0 Å². The molecule has 0 aliphatic carbocycles. The normalized spacial score (nSPS) is 27.3. The van der Waals surface area contributed by atoms with Gasteiger partial charge in [-0.2, -0.15) is 22.7 Å². The summed E-state index contributed by atoms with van der Waals surface area (Å²) in [6, 6.07) is 2.24. The van der Waals surface area contributed by atoms with Crippen LogP contribution in [0.4, 0.5) is 0 Å². The lowest BCUT2D eigenvalue weighted by molar-refractivity contribution is 0.221. The van der Waals surface area contributed by atoms with Crippen LogP contribution in [-0.2, 0) is 10.2 Å². The first-order valence-corrected chi connectivity index (χ1v) is 8.85. The Bertz CT molecular complexity index is 451. The summed E-state index contributed by atoms with van der Waals surface area (Å²) in [5, 5.41) is 8.66. The fourth-order valence-corrected chi connectivity index (χ4v) is 4.76. The van der Waals surface area contributed by atoms with E-state index < -0.39 is 10.2 Å². The highest BCUT2D eigenvalue weighted by molar-refractivity contribution is 7.87. The van der Waals surface area contributed by atoms with Gasteiger partial charge in [-0.15, -0.1) is 0 Å². The lowest BCUT2D eigenvalue weighted by Crippen LogP contribution is -2.52. The molecule has 0 aromatic rings. The first kappa shape index (κ1) is 15.7. The van der Waals surface area contributed by atoms with Crippen LogP contribution in [0.5, 0.6) is 0 Å². The zero-order valence-corrected chi connectivity index (χ0v) is 12.9. The Hall–Kier alpha value is -0.680. The van der Waals surface area contributed by atoms with E-state index >= 15 is 0 Å². The monoisotopic (exact) mass is 300 g/mol. The van der Waals surface area contributed by atoms with Gasteiger partial charge < -0.3 is 0 Å². The fraction of sp³-hybridized carbons (Fsp3) is 0.923. The van der Waals surface area contributed by atoms with Crippen molar-refractivity contribution >= 4 is 10.2 Å². The zero-order valence-electron chi connectivity index (χ0n) is 12.1. The van der Waals surface area contributed by atoms with E-state index in [0.717, 1.165) is 45.2 Å². The number of hydrogen-bond acceptors (Lipinski definition) is 4. The van der Waals surface area contributed by atoms with Crippen molar-refractivity contribution in [2.45, 2.75) is 51.1 Å². The molecule has 6 nitrogen and oxygen atoms in total. The minimum Gasteiger partial charge on any atom is -0.290 e. The zero-order chi connectivity index (χ0) is 14.6. The molecule has 2 rings (SSSR count). The second-order valence-corrected chi connectivity index (χ2v) is 7.44. The van der Waals surface area contributed by atoms with Crippen LogP contribution in [-0.4, -0.2) is 55.9 Å². The van der Waals surface area contributed by atoms with Crippen molar-refractivity contribution in [1.82, 2.24) is 13.9 Å². The van der Waals surface area contributed by atoms with Crippen LogP contribution in [0.3, 0.4) is 0 Å². The van der Waals surface area contributed by atoms with Gasteiger partial charge in [0.25, 0.3) is 10.2 Å². The van der Waals surface area contributed by atoms with E-state index in [-0.39, 0.29) is 12.1 Å². The molecule has 1 N–H and O–H groups in total. The molecule has 0 aromatic carbocycles. The summed E-state index contributed by atoms with van der Waals surface area (Å²) in [4.78, 5) is 2.06. The number of likely N-dealkylation sites (tertiary alicyclic amines) is 1. The van der Waals surface area contributed by atoms with Crippen molar-refractivity contribution in [3.63, 3.8) is 0 Å². The van der Waals surface area contributed by atoms with Crippen LogP contribution in [0.15, 0.2) is 0 Å². The molecule has 2 saturated heterocycles. The van der Waals surface area contributed by atoms with Gasteiger partial charge >= 0.3 is 0 Å². The molecule has 0 amide bonds. The average Bonchev–Trinajstić information content (AvgIpc) is 2.41. The third kappa shape index (κ3) is 3.92. The molecule has 0 bridgehead atoms. The van der Waals surface area contributed by atoms with E-state index in [9.17, 15) is 8.42 Å². The standard InChI is InChI=1S/C13H24N4O2S/c1-12-4-2-3-8-17(12)20(18,19)15-13-5-9-16(10-6-13)11-7-14/h12-13,15H,2-6,8-11H2,1H3. The SMILES string of the molecule is CC1CCCCN1S(=O)(=O)NC1CCN(CC#N)CC1. The van der Waals surface area contributed by atoms with Crippen molar-refractivity contribution in [3.05, 3.63) is 0 Å². The van der Waals surface area contributed by atoms with Gasteiger partial charge in [0, 0.05) is 31.7 Å². The topological polar surface area (TPSA) is 76.4 Å². The third-order valence-corrected chi connectivity index (χ3v) is 6.04. The van der Waals surface area contributed by atoms with Gasteiger partial charge in [0.2, 0.25) is 0 Å². The van der Waals surface area contributed by atoms with Crippen LogP contribution in [0, 0.1) is 11.3 Å². The third-order valence-electron chi connectivity index (χ3n) is 4.25. The van der Waals surface area contributed by atoms with Crippen molar-refractivity contribution in [1.29, 1.82) is 5.26 Å². The van der Waals surface area contributed by atoms with E-state index in [1.54, 1.807) is 4.31 Å². The Balaban J connectivity index is 1.88. The van der Waals surface area contributed by atoms with Crippen molar-refractivity contribution in [2.75, 3.05) is 26.2 Å². The molecule has 0 spiro atoms. The molecule has 2 fully saturated rings. The highest BCUT2D eigenvalue weighted by Gasteiger charge is 2.32. The minimum absolute atomic E-state index is 0.00377. The number of nitriles is 1. The molecule has 0 saturated carbocycles. The number of piperidine rings is 2. The van der Waals surface area contributed by atoms with Crippen LogP contribution in [0.2, 0.25) is 0 Å². The van der Waals surface area contributed by atoms with Gasteiger partial charge in [-0.05, 0) is 32.6 Å². The summed E-state index contributed by atoms with van der Waals surface area (Å²) in [5.74, 6) is 0. The molecule has 1 atom stereocenters. The molecule has 1 unspecified atom stereocenters. The van der Waals surface area contributed by atoms with Gasteiger partial charge in [-0.25, -0.2) is 0 Å². The quantitative estimate of drug-likeness (QED) is 0.775. The number of hydrogen-bond donors (Lipinski definition) is 1. The summed E-state index contributed by atoms with van der Waals surface area (Å²) in [6.07, 6.45) is 4.57. The smallest absolute Gasteiger partial charge is 0.279 e. The first-order valence-electron chi connectivity index (χ1n) is 7.41. The Morgan fingerprint density at radius 2 is 1.90 bits per heavy atom. The van der Waals surface area contributed by atoms with Crippen LogP contribution in [0.25, 0.3) is 0 Å². The van der Waals surface area contributed by atoms with Gasteiger partial charge in [0.1, 0.15) is 0 Å². The molecule has 20 heavy (non-hydrogen) atoms. The fourth-order valence-electron chi connectivity index (χ4n) is 3.02. The number of nitrogens with zero attached hydrogens (tertiary/aromatic N) is 3. The second-order valence-electron chi connectivity index (χ2n) is 5.79. The van der Waals surface area contributed by atoms with E-state index in [2.05, 4.69) is 15.7 Å². The predicted molar refractivity (Wildman–Crippen MR) is 77.1 cm³/mol. The first-order chi connectivity index (χ1) is 9.53. The maximum Gasteiger partial charge on any atom is 0.279 e. The molecular weight excluding hydrogens is 276 g/mol. The summed E-state index contributed by atoms with van der Waals surface area (Å²) >= 11 is 0. The Kier molecular flexibility index (Phi) is 5.38. The van der Waals surface area contributed by atoms with Crippen LogP contribution >= 0.6 is 0 Å². The summed E-state index contributed by atoms with van der Waals surface area (Å²) < 4.78 is 29.3. The van der Waals surface area contributed by atoms with E-state index in [4.69, 9.17) is 5.26 Å². The molecule has 2 aliphatic heterocycles. The van der Waals surface area contributed by atoms with Gasteiger partial charge in [0.05, 0.1) is 12.6 Å². The summed E-state index contributed by atoms with van der Waals surface area (Å²) in [6.45, 7) is 4.62. The maximum absolute atomic E-state index is 12.4. The van der Waals surface area contributed by atoms with Gasteiger partial charge in [-0.3, -0.25) is 4.90 Å². The largest absolute Gasteiger partial charge is 0.290 e. The Morgan fingerprint density at radius 1 is 1.20 bits per heavy atom. The average molecular weight is 300 g/mol. The van der Waals surface area contributed by atoms with Crippen molar-refractivity contribution in [2.24, 2.45) is 0 Å². The number of nitrogens with one attached hydrogen (secondary N) is 1. The lowest BCUT2D eigenvalue weighted by atomic mass is 10.1. The highest BCUT2D eigenvalue weighted by atomic mass is 32.2. The van der Waals surface area contributed by atoms with E-state index in [1.165, 1.54) is 0 Å². The highest BCUT2D eigenvalue weighted by Crippen LogP contribution is 2.20. The van der Waals surface area contributed by atoms with E-state index in [1.807, 2.05) is 6.92 Å². The Labute approximate surface area is 121 Å². The van der Waals surface area contributed by atoms with Gasteiger partial charge in [0.15, 0.2) is 0 Å². The van der Waals surface area contributed by atoms with Crippen molar-refractivity contribution < 1.29 is 8.42 Å². The molecule has 7 heteroatoms. The van der Waals surface area contributed by atoms with Crippen LogP contribution < -0.4 is 4.72 Å². The summed E-state index contributed by atoms with van der Waals surface area (Å²) in [5.41, 5.74) is 0. The number of rotatable bonds is 4. The van der Waals surface area contributed by atoms with Gasteiger partial charge in [-0.1, -0.05) is 6.42 Å². The maximum atomic E-state index is 12.4. The molecule has 2 heterocycles. The lowest BCUT2D eigenvalue weighted by Gasteiger charge is -2.35. The van der Waals surface area contributed by atoms with Crippen molar-refractivity contribution in [3.8, 4) is 6.07 Å². The minimum atomic E-state index is -3.36. The molecular formula is C13H24N4O2S. The predicted octanol–water partition coefficient (Wildman–Crippen LogP) is 0.683.